The highest BCUT2D eigenvalue weighted by Gasteiger charge is 2.22. The van der Waals surface area contributed by atoms with Gasteiger partial charge in [0.15, 0.2) is 0 Å². The molecular weight excluding hydrogens is 266 g/mol. The molecule has 3 aromatic rings. The summed E-state index contributed by atoms with van der Waals surface area (Å²) in [5.41, 5.74) is 7.87. The number of anilines is 1. The van der Waals surface area contributed by atoms with Crippen LogP contribution in [0.3, 0.4) is 0 Å². The van der Waals surface area contributed by atoms with Gasteiger partial charge in [-0.25, -0.2) is 8.78 Å². The van der Waals surface area contributed by atoms with Crippen molar-refractivity contribution in [3.63, 3.8) is 0 Å². The minimum absolute atomic E-state index is 0.0360. The molecule has 2 heterocycles. The lowest BCUT2D eigenvalue weighted by Gasteiger charge is -2.03. The predicted molar refractivity (Wildman–Crippen MR) is 68.6 cm³/mol. The van der Waals surface area contributed by atoms with Crippen molar-refractivity contribution in [3.05, 3.63) is 41.7 Å². The molecule has 0 saturated carbocycles. The van der Waals surface area contributed by atoms with Gasteiger partial charge in [-0.15, -0.1) is 0 Å². The second kappa shape index (κ2) is 4.44. The first-order valence-electron chi connectivity index (χ1n) is 5.79. The minimum Gasteiger partial charge on any atom is -0.367 e. The van der Waals surface area contributed by atoms with Crippen molar-refractivity contribution >= 4 is 5.88 Å². The normalized spacial score (nSPS) is 10.9. The quantitative estimate of drug-likeness (QED) is 0.754. The van der Waals surface area contributed by atoms with Crippen LogP contribution in [0.1, 0.15) is 5.69 Å². The van der Waals surface area contributed by atoms with E-state index in [4.69, 9.17) is 10.3 Å². The number of halogens is 2. The Morgan fingerprint density at radius 2 is 2.05 bits per heavy atom. The van der Waals surface area contributed by atoms with Crippen molar-refractivity contribution in [2.24, 2.45) is 0 Å². The van der Waals surface area contributed by atoms with Gasteiger partial charge >= 0.3 is 0 Å². The van der Waals surface area contributed by atoms with Crippen LogP contribution in [0, 0.1) is 18.6 Å². The summed E-state index contributed by atoms with van der Waals surface area (Å²) in [4.78, 5) is 0. The molecule has 0 amide bonds. The highest BCUT2D eigenvalue weighted by atomic mass is 19.1. The number of hydrogen-bond donors (Lipinski definition) is 2. The van der Waals surface area contributed by atoms with Crippen LogP contribution in [-0.2, 0) is 0 Å². The summed E-state index contributed by atoms with van der Waals surface area (Å²) in [6, 6.07) is 3.23. The maximum absolute atomic E-state index is 13.9. The second-order valence-electron chi connectivity index (χ2n) is 4.30. The fraction of sp³-hybridized carbons (Fsp3) is 0.0769. The minimum atomic E-state index is -0.734. The van der Waals surface area contributed by atoms with Crippen molar-refractivity contribution in [2.45, 2.75) is 6.92 Å². The van der Waals surface area contributed by atoms with Crippen LogP contribution in [0.25, 0.3) is 22.4 Å². The molecule has 2 aromatic heterocycles. The number of nitrogens with two attached hydrogens (primary N) is 1. The summed E-state index contributed by atoms with van der Waals surface area (Å²) in [5.74, 6) is -1.43. The fourth-order valence-electron chi connectivity index (χ4n) is 2.03. The van der Waals surface area contributed by atoms with Crippen molar-refractivity contribution in [1.29, 1.82) is 0 Å². The number of nitrogens with one attached hydrogen (secondary N) is 1. The molecular formula is C13H10F2N4O. The summed E-state index contributed by atoms with van der Waals surface area (Å²) in [6.07, 6.45) is 1.54. The number of hydrogen-bond acceptors (Lipinski definition) is 4. The van der Waals surface area contributed by atoms with E-state index in [-0.39, 0.29) is 17.0 Å². The first-order valence-corrected chi connectivity index (χ1v) is 5.79. The van der Waals surface area contributed by atoms with E-state index in [0.717, 1.165) is 17.8 Å². The molecule has 0 aliphatic rings. The zero-order valence-electron chi connectivity index (χ0n) is 10.4. The Bertz CT molecular complexity index is 779. The second-order valence-corrected chi connectivity index (χ2v) is 4.30. The van der Waals surface area contributed by atoms with Gasteiger partial charge in [0.1, 0.15) is 17.3 Å². The third-order valence-electron chi connectivity index (χ3n) is 3.00. The van der Waals surface area contributed by atoms with Crippen LogP contribution >= 0.6 is 0 Å². The Morgan fingerprint density at radius 3 is 2.70 bits per heavy atom. The Labute approximate surface area is 112 Å². The van der Waals surface area contributed by atoms with Crippen molar-refractivity contribution in [3.8, 4) is 22.4 Å². The summed E-state index contributed by atoms with van der Waals surface area (Å²) in [7, 11) is 0. The Kier molecular flexibility index (Phi) is 2.74. The SMILES string of the molecule is Cc1[nH]ncc1-c1noc(N)c1-c1ccc(F)cc1F. The molecule has 0 spiro atoms. The van der Waals surface area contributed by atoms with E-state index in [1.54, 1.807) is 6.92 Å². The average molecular weight is 276 g/mol. The van der Waals surface area contributed by atoms with Gasteiger partial charge in [0.2, 0.25) is 5.88 Å². The fourth-order valence-corrected chi connectivity index (χ4v) is 2.03. The number of aryl methyl sites for hydroxylation is 1. The highest BCUT2D eigenvalue weighted by molar-refractivity contribution is 5.87. The average Bonchev–Trinajstić information content (AvgIpc) is 2.96. The van der Waals surface area contributed by atoms with Crippen molar-refractivity contribution in [1.82, 2.24) is 15.4 Å². The number of aromatic amines is 1. The summed E-state index contributed by atoms with van der Waals surface area (Å²) < 4.78 is 31.9. The van der Waals surface area contributed by atoms with E-state index in [1.165, 1.54) is 12.3 Å². The third-order valence-corrected chi connectivity index (χ3v) is 3.00. The zero-order chi connectivity index (χ0) is 14.3. The molecule has 0 bridgehead atoms. The van der Waals surface area contributed by atoms with E-state index in [9.17, 15) is 8.78 Å². The molecule has 1 aromatic carbocycles. The summed E-state index contributed by atoms with van der Waals surface area (Å²) in [5, 5.41) is 10.5. The summed E-state index contributed by atoms with van der Waals surface area (Å²) in [6.45, 7) is 1.79. The Balaban J connectivity index is 2.24. The van der Waals surface area contributed by atoms with Crippen molar-refractivity contribution < 1.29 is 13.3 Å². The maximum Gasteiger partial charge on any atom is 0.230 e. The van der Waals surface area contributed by atoms with Gasteiger partial charge in [0.25, 0.3) is 0 Å². The molecule has 20 heavy (non-hydrogen) atoms. The van der Waals surface area contributed by atoms with Crippen molar-refractivity contribution in [2.75, 3.05) is 5.73 Å². The molecule has 0 radical (unpaired) electrons. The highest BCUT2D eigenvalue weighted by Crippen LogP contribution is 2.38. The van der Waals surface area contributed by atoms with E-state index < -0.39 is 11.6 Å². The van der Waals surface area contributed by atoms with Crippen LogP contribution in [-0.4, -0.2) is 15.4 Å². The van der Waals surface area contributed by atoms with Gasteiger partial charge in [-0.2, -0.15) is 5.10 Å². The molecule has 0 unspecified atom stereocenters. The molecule has 3 N–H and O–H groups in total. The number of rotatable bonds is 2. The Hall–Kier alpha value is -2.70. The molecule has 7 heteroatoms. The molecule has 0 aliphatic carbocycles. The maximum atomic E-state index is 13.9. The zero-order valence-corrected chi connectivity index (χ0v) is 10.4. The molecule has 0 atom stereocenters. The van der Waals surface area contributed by atoms with Crippen LogP contribution in [0.15, 0.2) is 28.9 Å². The first-order chi connectivity index (χ1) is 9.58. The number of nitrogen functional groups attached to an aromatic ring is 1. The molecule has 102 valence electrons. The lowest BCUT2D eigenvalue weighted by atomic mass is 10.0. The number of nitrogens with zero attached hydrogens (tertiary/aromatic N) is 2. The van der Waals surface area contributed by atoms with Gasteiger partial charge in [-0.3, -0.25) is 5.10 Å². The van der Waals surface area contributed by atoms with Crippen LogP contribution in [0.5, 0.6) is 0 Å². The van der Waals surface area contributed by atoms with E-state index >= 15 is 0 Å². The topological polar surface area (TPSA) is 80.7 Å². The van der Waals surface area contributed by atoms with E-state index in [0.29, 0.717) is 11.3 Å². The Morgan fingerprint density at radius 1 is 1.25 bits per heavy atom. The number of benzene rings is 1. The van der Waals surface area contributed by atoms with E-state index in [1.807, 2.05) is 0 Å². The van der Waals surface area contributed by atoms with Gasteiger partial charge < -0.3 is 10.3 Å². The number of aromatic nitrogens is 3. The third kappa shape index (κ3) is 1.83. The molecule has 3 rings (SSSR count). The number of H-pyrrole nitrogens is 1. The lowest BCUT2D eigenvalue weighted by molar-refractivity contribution is 0.439. The van der Waals surface area contributed by atoms with Crippen LogP contribution in [0.4, 0.5) is 14.7 Å². The molecule has 0 saturated heterocycles. The van der Waals surface area contributed by atoms with E-state index in [2.05, 4.69) is 15.4 Å². The van der Waals surface area contributed by atoms with Gasteiger partial charge in [-0.1, -0.05) is 5.16 Å². The largest absolute Gasteiger partial charge is 0.367 e. The molecule has 0 aliphatic heterocycles. The molecule has 0 fully saturated rings. The van der Waals surface area contributed by atoms with Crippen LogP contribution < -0.4 is 5.73 Å². The lowest BCUT2D eigenvalue weighted by Crippen LogP contribution is -1.92. The predicted octanol–water partition coefficient (Wildman–Crippen LogP) is 2.90. The monoisotopic (exact) mass is 276 g/mol. The van der Waals surface area contributed by atoms with Gasteiger partial charge in [0.05, 0.1) is 11.8 Å². The standard InChI is InChI=1S/C13H10F2N4O/c1-6-9(5-17-18-6)12-11(13(16)20-19-12)8-3-2-7(14)4-10(8)15/h2-5H,16H2,1H3,(H,17,18). The van der Waals surface area contributed by atoms with Crippen LogP contribution in [0.2, 0.25) is 0 Å². The first kappa shape index (κ1) is 12.3. The molecule has 5 nitrogen and oxygen atoms in total. The van der Waals surface area contributed by atoms with Gasteiger partial charge in [-0.05, 0) is 19.1 Å². The summed E-state index contributed by atoms with van der Waals surface area (Å²) >= 11 is 0. The smallest absolute Gasteiger partial charge is 0.230 e. The van der Waals surface area contributed by atoms with Gasteiger partial charge in [0, 0.05) is 22.9 Å².